The number of halogens is 1. The molecular weight excluding hydrogens is 267 g/mol. The molecular formula is C17H19FN2O. The van der Waals surface area contributed by atoms with E-state index in [0.29, 0.717) is 29.7 Å². The van der Waals surface area contributed by atoms with Crippen molar-refractivity contribution in [3.8, 4) is 0 Å². The van der Waals surface area contributed by atoms with Crippen molar-refractivity contribution in [2.45, 2.75) is 37.8 Å². The van der Waals surface area contributed by atoms with Gasteiger partial charge in [0.1, 0.15) is 5.82 Å². The molecule has 1 aromatic heterocycles. The van der Waals surface area contributed by atoms with Gasteiger partial charge in [0.05, 0.1) is 11.8 Å². The summed E-state index contributed by atoms with van der Waals surface area (Å²) in [6, 6.07) is 8.72. The molecule has 0 bridgehead atoms. The average Bonchev–Trinajstić information content (AvgIpc) is 2.62. The van der Waals surface area contributed by atoms with Crippen molar-refractivity contribution in [2.75, 3.05) is 0 Å². The summed E-state index contributed by atoms with van der Waals surface area (Å²) >= 11 is 0. The van der Waals surface area contributed by atoms with Crippen molar-refractivity contribution in [2.24, 2.45) is 5.73 Å². The van der Waals surface area contributed by atoms with E-state index >= 15 is 0 Å². The highest BCUT2D eigenvalue weighted by atomic mass is 19.1. The minimum atomic E-state index is -0.634. The first-order valence-electron chi connectivity index (χ1n) is 7.23. The molecule has 0 aliphatic heterocycles. The molecule has 3 nitrogen and oxygen atoms in total. The van der Waals surface area contributed by atoms with Crippen LogP contribution < -0.4 is 5.73 Å². The first-order valence-corrected chi connectivity index (χ1v) is 7.23. The van der Waals surface area contributed by atoms with Crippen LogP contribution in [-0.2, 0) is 0 Å². The molecule has 1 aromatic carbocycles. The van der Waals surface area contributed by atoms with Gasteiger partial charge in [0, 0.05) is 18.2 Å². The monoisotopic (exact) mass is 286 g/mol. The molecule has 0 saturated carbocycles. The molecule has 1 aliphatic rings. The highest BCUT2D eigenvalue weighted by molar-refractivity contribution is 5.35. The van der Waals surface area contributed by atoms with Crippen LogP contribution in [0.4, 0.5) is 4.39 Å². The third-order valence-electron chi connectivity index (χ3n) is 4.35. The van der Waals surface area contributed by atoms with Gasteiger partial charge in [-0.05, 0) is 42.5 Å². The second kappa shape index (κ2) is 5.54. The molecule has 0 spiro atoms. The summed E-state index contributed by atoms with van der Waals surface area (Å²) in [6.07, 6.45) is 2.20. The van der Waals surface area contributed by atoms with Crippen LogP contribution >= 0.6 is 0 Å². The quantitative estimate of drug-likeness (QED) is 0.792. The first kappa shape index (κ1) is 14.2. The Labute approximate surface area is 123 Å². The highest BCUT2D eigenvalue weighted by Crippen LogP contribution is 2.41. The van der Waals surface area contributed by atoms with E-state index < -0.39 is 6.10 Å². The molecule has 3 N–H and O–H groups in total. The summed E-state index contributed by atoms with van der Waals surface area (Å²) in [5, 5.41) is 10.2. The Morgan fingerprint density at radius 1 is 1.19 bits per heavy atom. The molecule has 0 amide bonds. The third kappa shape index (κ3) is 2.45. The Hall–Kier alpha value is -1.78. The maximum Gasteiger partial charge on any atom is 0.129 e. The number of nitrogens with two attached hydrogens (primary N) is 1. The van der Waals surface area contributed by atoms with Crippen LogP contribution in [-0.4, -0.2) is 10.1 Å². The number of aryl methyl sites for hydroxylation is 1. The predicted octanol–water partition coefficient (Wildman–Crippen LogP) is 3.14. The minimum Gasteiger partial charge on any atom is -0.387 e. The second-order valence-corrected chi connectivity index (χ2v) is 5.68. The molecule has 3 rings (SSSR count). The molecule has 0 unspecified atom stereocenters. The average molecular weight is 286 g/mol. The number of rotatable bonds is 1. The van der Waals surface area contributed by atoms with Crippen LogP contribution in [0.15, 0.2) is 36.5 Å². The lowest BCUT2D eigenvalue weighted by atomic mass is 9.85. The van der Waals surface area contributed by atoms with Crippen LogP contribution in [0.2, 0.25) is 0 Å². The molecule has 1 heterocycles. The maximum absolute atomic E-state index is 14.4. The van der Waals surface area contributed by atoms with Crippen LogP contribution in [0.1, 0.15) is 53.3 Å². The van der Waals surface area contributed by atoms with E-state index in [4.69, 9.17) is 5.73 Å². The van der Waals surface area contributed by atoms with Crippen LogP contribution in [0.3, 0.4) is 0 Å². The number of aromatic nitrogens is 1. The van der Waals surface area contributed by atoms with Gasteiger partial charge in [0.2, 0.25) is 0 Å². The van der Waals surface area contributed by atoms with Crippen molar-refractivity contribution in [3.05, 3.63) is 64.7 Å². The molecule has 0 fully saturated rings. The summed E-state index contributed by atoms with van der Waals surface area (Å²) in [7, 11) is 0. The van der Waals surface area contributed by atoms with Crippen LogP contribution in [0.5, 0.6) is 0 Å². The lowest BCUT2D eigenvalue weighted by molar-refractivity contribution is 0.160. The van der Waals surface area contributed by atoms with Gasteiger partial charge in [0.15, 0.2) is 0 Å². The number of nitrogens with zero attached hydrogens (tertiary/aromatic N) is 1. The number of pyridine rings is 1. The summed E-state index contributed by atoms with van der Waals surface area (Å²) in [5.41, 5.74) is 9.08. The minimum absolute atomic E-state index is 0.148. The van der Waals surface area contributed by atoms with E-state index in [2.05, 4.69) is 4.98 Å². The Balaban J connectivity index is 2.07. The number of hydrogen-bond acceptors (Lipinski definition) is 3. The molecule has 3 atom stereocenters. The smallest absolute Gasteiger partial charge is 0.129 e. The summed E-state index contributed by atoms with van der Waals surface area (Å²) in [6.45, 7) is 1.76. The predicted molar refractivity (Wildman–Crippen MR) is 79.2 cm³/mol. The van der Waals surface area contributed by atoms with Crippen LogP contribution in [0, 0.1) is 12.7 Å². The first-order chi connectivity index (χ1) is 10.1. The van der Waals surface area contributed by atoms with E-state index in [1.807, 2.05) is 12.1 Å². The fourth-order valence-electron chi connectivity index (χ4n) is 3.17. The van der Waals surface area contributed by atoms with Gasteiger partial charge in [-0.15, -0.1) is 0 Å². The number of aliphatic hydroxyl groups excluding tert-OH is 1. The Morgan fingerprint density at radius 2 is 1.95 bits per heavy atom. The topological polar surface area (TPSA) is 59.1 Å². The lowest BCUT2D eigenvalue weighted by Gasteiger charge is -2.24. The summed E-state index contributed by atoms with van der Waals surface area (Å²) in [4.78, 5) is 4.26. The summed E-state index contributed by atoms with van der Waals surface area (Å²) < 4.78 is 14.4. The second-order valence-electron chi connectivity index (χ2n) is 5.68. The zero-order valence-corrected chi connectivity index (χ0v) is 12.0. The van der Waals surface area contributed by atoms with E-state index in [1.54, 1.807) is 31.3 Å². The zero-order chi connectivity index (χ0) is 15.0. The van der Waals surface area contributed by atoms with Gasteiger partial charge in [-0.3, -0.25) is 4.98 Å². The molecule has 4 heteroatoms. The van der Waals surface area contributed by atoms with Gasteiger partial charge in [-0.2, -0.15) is 0 Å². The maximum atomic E-state index is 14.4. The lowest BCUT2D eigenvalue weighted by Crippen LogP contribution is -2.21. The van der Waals surface area contributed by atoms with E-state index in [-0.39, 0.29) is 17.8 Å². The fraction of sp³-hybridized carbons (Fsp3) is 0.353. The van der Waals surface area contributed by atoms with Crippen molar-refractivity contribution < 1.29 is 9.50 Å². The Kier molecular flexibility index (Phi) is 3.74. The van der Waals surface area contributed by atoms with Crippen molar-refractivity contribution in [1.29, 1.82) is 0 Å². The highest BCUT2D eigenvalue weighted by Gasteiger charge is 2.32. The fourth-order valence-corrected chi connectivity index (χ4v) is 3.17. The van der Waals surface area contributed by atoms with Gasteiger partial charge in [0.25, 0.3) is 0 Å². The van der Waals surface area contributed by atoms with E-state index in [1.165, 1.54) is 0 Å². The number of aliphatic hydroxyl groups is 1. The molecule has 21 heavy (non-hydrogen) atoms. The van der Waals surface area contributed by atoms with Gasteiger partial charge in [-0.25, -0.2) is 4.39 Å². The molecule has 2 aromatic rings. The Morgan fingerprint density at radius 3 is 2.76 bits per heavy atom. The van der Waals surface area contributed by atoms with Crippen molar-refractivity contribution in [3.63, 3.8) is 0 Å². The van der Waals surface area contributed by atoms with Gasteiger partial charge >= 0.3 is 0 Å². The number of fused-ring (bicyclic) bond motifs is 1. The van der Waals surface area contributed by atoms with Crippen molar-refractivity contribution in [1.82, 2.24) is 4.98 Å². The normalized spacial score (nSPS) is 25.2. The summed E-state index contributed by atoms with van der Waals surface area (Å²) in [5.74, 6) is -0.343. The van der Waals surface area contributed by atoms with E-state index in [9.17, 15) is 9.50 Å². The molecule has 1 aliphatic carbocycles. The zero-order valence-electron chi connectivity index (χ0n) is 12.0. The van der Waals surface area contributed by atoms with Gasteiger partial charge < -0.3 is 10.8 Å². The van der Waals surface area contributed by atoms with Gasteiger partial charge in [-0.1, -0.05) is 24.3 Å². The number of hydrogen-bond donors (Lipinski definition) is 2. The van der Waals surface area contributed by atoms with E-state index in [0.717, 1.165) is 5.56 Å². The molecule has 0 radical (unpaired) electrons. The molecule has 110 valence electrons. The Bertz CT molecular complexity index is 659. The third-order valence-corrected chi connectivity index (χ3v) is 4.35. The molecule has 0 saturated heterocycles. The van der Waals surface area contributed by atoms with Crippen LogP contribution in [0.25, 0.3) is 0 Å². The largest absolute Gasteiger partial charge is 0.387 e. The standard InChI is InChI=1S/C17H19FN2O/c1-10-4-2-5-11(15(10)18)12-7-8-14(21)17-13(16(12)19)6-3-9-20-17/h2-6,9,12,14,16,21H,7-8,19H2,1H3/t12-,14+,16-/m0/s1. The SMILES string of the molecule is Cc1cccc([C@@H]2CC[C@@H](O)c3ncccc3[C@H]2N)c1F. The van der Waals surface area contributed by atoms with Crippen molar-refractivity contribution >= 4 is 0 Å². The number of benzene rings is 1.